The van der Waals surface area contributed by atoms with E-state index in [1.165, 1.54) is 7.11 Å². The summed E-state index contributed by atoms with van der Waals surface area (Å²) in [4.78, 5) is 47.3. The third-order valence-electron chi connectivity index (χ3n) is 5.84. The topological polar surface area (TPSA) is 126 Å². The lowest BCUT2D eigenvalue weighted by Crippen LogP contribution is -2.48. The number of nitrogens with one attached hydrogen (secondary N) is 3. The van der Waals surface area contributed by atoms with Crippen LogP contribution in [0.2, 0.25) is 0 Å². The van der Waals surface area contributed by atoms with Crippen LogP contribution in [-0.2, 0) is 9.53 Å². The number of nitrogens with zero attached hydrogens (tertiary/aromatic N) is 2. The molecule has 1 aromatic carbocycles. The molecule has 0 saturated carbocycles. The zero-order valence-corrected chi connectivity index (χ0v) is 19.8. The fourth-order valence-electron chi connectivity index (χ4n) is 4.21. The Morgan fingerprint density at radius 1 is 1.27 bits per heavy atom. The first-order valence-electron chi connectivity index (χ1n) is 10.9. The number of aromatic amines is 1. The van der Waals surface area contributed by atoms with Gasteiger partial charge in [-0.15, -0.1) is 0 Å². The number of hydrogen-bond donors (Lipinski definition) is 3. The predicted molar refractivity (Wildman–Crippen MR) is 123 cm³/mol. The molecule has 2 aliphatic heterocycles. The molecule has 4 rings (SSSR count). The van der Waals surface area contributed by atoms with Crippen LogP contribution in [0.4, 0.5) is 9.59 Å². The molecular formula is C22H26BrN5O5. The van der Waals surface area contributed by atoms with Gasteiger partial charge < -0.3 is 30.0 Å². The van der Waals surface area contributed by atoms with E-state index in [1.54, 1.807) is 17.2 Å². The Hall–Kier alpha value is -3.08. The maximum Gasteiger partial charge on any atom is 0.412 e. The van der Waals surface area contributed by atoms with E-state index < -0.39 is 18.2 Å². The third-order valence-corrected chi connectivity index (χ3v) is 6.33. The molecule has 0 aliphatic carbocycles. The van der Waals surface area contributed by atoms with Crippen molar-refractivity contribution in [1.29, 1.82) is 0 Å². The second-order valence-corrected chi connectivity index (χ2v) is 8.92. The summed E-state index contributed by atoms with van der Waals surface area (Å²) >= 11 is 3.42. The maximum absolute atomic E-state index is 13.4. The molecule has 1 aromatic heterocycles. The average Bonchev–Trinajstić information content (AvgIpc) is 3.46. The molecule has 3 amide bonds. The van der Waals surface area contributed by atoms with Crippen LogP contribution in [0.3, 0.4) is 0 Å². The molecular weight excluding hydrogens is 494 g/mol. The molecule has 2 bridgehead atoms. The molecule has 0 spiro atoms. The Labute approximate surface area is 199 Å². The van der Waals surface area contributed by atoms with Crippen molar-refractivity contribution in [3.8, 4) is 17.0 Å². The summed E-state index contributed by atoms with van der Waals surface area (Å²) in [5.41, 5.74) is 1.26. The van der Waals surface area contributed by atoms with E-state index in [-0.39, 0.29) is 11.9 Å². The minimum absolute atomic E-state index is 0.162. The summed E-state index contributed by atoms with van der Waals surface area (Å²) in [6, 6.07) is 4.45. The van der Waals surface area contributed by atoms with Crippen LogP contribution in [-0.4, -0.2) is 59.2 Å². The first-order chi connectivity index (χ1) is 16.0. The van der Waals surface area contributed by atoms with Crippen LogP contribution in [0, 0.1) is 0 Å². The molecule has 176 valence electrons. The number of fused-ring (bicyclic) bond motifs is 6. The lowest BCUT2D eigenvalue weighted by molar-refractivity contribution is -0.134. The summed E-state index contributed by atoms with van der Waals surface area (Å²) in [6.45, 7) is 0.960. The van der Waals surface area contributed by atoms with Crippen molar-refractivity contribution in [2.24, 2.45) is 0 Å². The molecule has 3 heterocycles. The van der Waals surface area contributed by atoms with Crippen molar-refractivity contribution >= 4 is 34.0 Å². The van der Waals surface area contributed by atoms with E-state index in [2.05, 4.69) is 31.5 Å². The Kier molecular flexibility index (Phi) is 7.17. The van der Waals surface area contributed by atoms with Crippen LogP contribution in [0.5, 0.6) is 5.75 Å². The summed E-state index contributed by atoms with van der Waals surface area (Å²) in [6.07, 6.45) is 3.78. The number of hydrogen-bond acceptors (Lipinski definition) is 6. The van der Waals surface area contributed by atoms with E-state index in [1.807, 2.05) is 12.1 Å². The summed E-state index contributed by atoms with van der Waals surface area (Å²) in [5, 5.41) is 5.39. The van der Waals surface area contributed by atoms with E-state index in [0.29, 0.717) is 55.2 Å². The lowest BCUT2D eigenvalue weighted by Gasteiger charge is -2.28. The zero-order chi connectivity index (χ0) is 23.4. The smallest absolute Gasteiger partial charge is 0.412 e. The molecule has 0 radical (unpaired) electrons. The van der Waals surface area contributed by atoms with E-state index >= 15 is 0 Å². The SMILES string of the molecule is COC(=O)NC1CCCCNC(=O)Oc2cc(Br)ccc2-c2c[nH]c(n2)C2CCCN2C1=O. The highest BCUT2D eigenvalue weighted by Gasteiger charge is 2.36. The standard InChI is InChI=1S/C22H26BrN5O5/c1-32-22(31)27-15-5-2-3-9-24-21(30)33-18-11-13(23)7-8-14(18)16-12-25-19(26-16)17-6-4-10-28(17)20(15)29/h7-8,11-12,15,17H,2-6,9-10H2,1H3,(H,24,30)(H,25,26)(H,27,31). The number of aromatic nitrogens is 2. The van der Waals surface area contributed by atoms with Crippen LogP contribution < -0.4 is 15.4 Å². The van der Waals surface area contributed by atoms with Gasteiger partial charge in [0.1, 0.15) is 17.6 Å². The van der Waals surface area contributed by atoms with Gasteiger partial charge in [-0.1, -0.05) is 15.9 Å². The van der Waals surface area contributed by atoms with Gasteiger partial charge in [-0.3, -0.25) is 4.79 Å². The van der Waals surface area contributed by atoms with Gasteiger partial charge >= 0.3 is 12.2 Å². The van der Waals surface area contributed by atoms with Crippen molar-refractivity contribution in [3.63, 3.8) is 0 Å². The normalized spacial score (nSPS) is 21.5. The molecule has 10 nitrogen and oxygen atoms in total. The van der Waals surface area contributed by atoms with Crippen LogP contribution >= 0.6 is 15.9 Å². The van der Waals surface area contributed by atoms with E-state index in [4.69, 9.17) is 14.5 Å². The van der Waals surface area contributed by atoms with Gasteiger partial charge in [-0.25, -0.2) is 14.6 Å². The molecule has 3 N–H and O–H groups in total. The van der Waals surface area contributed by atoms with Crippen LogP contribution in [0.15, 0.2) is 28.9 Å². The highest BCUT2D eigenvalue weighted by Crippen LogP contribution is 2.35. The molecule has 2 atom stereocenters. The van der Waals surface area contributed by atoms with Crippen molar-refractivity contribution in [2.75, 3.05) is 20.2 Å². The van der Waals surface area contributed by atoms with Gasteiger partial charge in [-0.2, -0.15) is 0 Å². The van der Waals surface area contributed by atoms with Gasteiger partial charge in [0.15, 0.2) is 0 Å². The predicted octanol–water partition coefficient (Wildman–Crippen LogP) is 3.50. The highest BCUT2D eigenvalue weighted by atomic mass is 79.9. The summed E-state index contributed by atoms with van der Waals surface area (Å²) in [5.74, 6) is 0.872. The Morgan fingerprint density at radius 3 is 2.94 bits per heavy atom. The molecule has 1 fully saturated rings. The number of benzene rings is 1. The number of ether oxygens (including phenoxy) is 2. The maximum atomic E-state index is 13.4. The largest absolute Gasteiger partial charge is 0.453 e. The minimum Gasteiger partial charge on any atom is -0.453 e. The average molecular weight is 520 g/mol. The second kappa shape index (κ2) is 10.2. The molecule has 11 heteroatoms. The first-order valence-corrected chi connectivity index (χ1v) is 11.7. The fourth-order valence-corrected chi connectivity index (χ4v) is 4.55. The van der Waals surface area contributed by atoms with Gasteiger partial charge in [0, 0.05) is 29.3 Å². The molecule has 33 heavy (non-hydrogen) atoms. The number of rotatable bonds is 1. The van der Waals surface area contributed by atoms with Crippen molar-refractivity contribution in [3.05, 3.63) is 34.7 Å². The number of halogens is 1. The third kappa shape index (κ3) is 5.29. The van der Waals surface area contributed by atoms with E-state index in [0.717, 1.165) is 17.3 Å². The number of carbonyl (C=O) groups excluding carboxylic acids is 3. The molecule has 2 aliphatic rings. The Balaban J connectivity index is 1.68. The quantitative estimate of drug-likeness (QED) is 0.529. The van der Waals surface area contributed by atoms with Gasteiger partial charge in [0.05, 0.1) is 18.8 Å². The van der Waals surface area contributed by atoms with E-state index in [9.17, 15) is 14.4 Å². The monoisotopic (exact) mass is 519 g/mol. The second-order valence-electron chi connectivity index (χ2n) is 8.00. The van der Waals surface area contributed by atoms with Crippen molar-refractivity contribution < 1.29 is 23.9 Å². The fraction of sp³-hybridized carbons (Fsp3) is 0.455. The number of imidazole rings is 1. The van der Waals surface area contributed by atoms with Gasteiger partial charge in [-0.05, 0) is 50.3 Å². The molecule has 2 unspecified atom stereocenters. The van der Waals surface area contributed by atoms with Crippen LogP contribution in [0.25, 0.3) is 11.3 Å². The molecule has 1 saturated heterocycles. The number of H-pyrrole nitrogens is 1. The zero-order valence-electron chi connectivity index (χ0n) is 18.2. The Bertz CT molecular complexity index is 1040. The number of methoxy groups -OCH3 is 1. The summed E-state index contributed by atoms with van der Waals surface area (Å²) < 4.78 is 11.1. The lowest BCUT2D eigenvalue weighted by atomic mass is 10.1. The van der Waals surface area contributed by atoms with Crippen LogP contribution in [0.1, 0.15) is 44.0 Å². The Morgan fingerprint density at radius 2 is 2.12 bits per heavy atom. The van der Waals surface area contributed by atoms with Crippen molar-refractivity contribution in [1.82, 2.24) is 25.5 Å². The first kappa shape index (κ1) is 23.1. The highest BCUT2D eigenvalue weighted by molar-refractivity contribution is 9.10. The van der Waals surface area contributed by atoms with Gasteiger partial charge in [0.2, 0.25) is 5.91 Å². The molecule has 2 aromatic rings. The van der Waals surface area contributed by atoms with Gasteiger partial charge in [0.25, 0.3) is 0 Å². The number of alkyl carbamates (subject to hydrolysis) is 1. The summed E-state index contributed by atoms with van der Waals surface area (Å²) in [7, 11) is 1.27. The number of amides is 3. The number of carbonyl (C=O) groups is 3. The van der Waals surface area contributed by atoms with Crippen molar-refractivity contribution in [2.45, 2.75) is 44.2 Å². The minimum atomic E-state index is -0.717.